The number of fused-ring (bicyclic) bond motifs is 1. The minimum atomic E-state index is -0.823. The van der Waals surface area contributed by atoms with Crippen LogP contribution in [0.1, 0.15) is 31.0 Å². The smallest absolute Gasteiger partial charge is 0.338 e. The Kier molecular flexibility index (Phi) is 8.00. The minimum absolute atomic E-state index is 0.171. The second-order valence-corrected chi connectivity index (χ2v) is 10.3. The van der Waals surface area contributed by atoms with Crippen molar-refractivity contribution in [2.24, 2.45) is 4.99 Å². The molecule has 4 rings (SSSR count). The van der Waals surface area contributed by atoms with Crippen molar-refractivity contribution in [1.82, 2.24) is 4.57 Å². The van der Waals surface area contributed by atoms with Crippen LogP contribution < -0.4 is 19.6 Å². The summed E-state index contributed by atoms with van der Waals surface area (Å²) in [5.41, 5.74) is 1.39. The molecule has 7 nitrogen and oxygen atoms in total. The number of nitrogens with zero attached hydrogens (tertiary/aromatic N) is 3. The molecule has 0 saturated heterocycles. The monoisotopic (exact) mass is 605 g/mol. The van der Waals surface area contributed by atoms with E-state index in [-0.39, 0.29) is 24.3 Å². The van der Waals surface area contributed by atoms with Crippen molar-refractivity contribution in [3.63, 3.8) is 0 Å². The molecule has 36 heavy (non-hydrogen) atoms. The topological polar surface area (TPSA) is 93.7 Å². The Balaban J connectivity index is 1.99. The Labute approximate surface area is 228 Å². The van der Waals surface area contributed by atoms with Crippen molar-refractivity contribution in [2.75, 3.05) is 13.2 Å². The van der Waals surface area contributed by atoms with Crippen LogP contribution in [0.15, 0.2) is 61.9 Å². The lowest BCUT2D eigenvalue weighted by Crippen LogP contribution is -2.40. The first-order chi connectivity index (χ1) is 17.3. The van der Waals surface area contributed by atoms with Crippen molar-refractivity contribution >= 4 is 62.5 Å². The molecule has 11 heteroatoms. The van der Waals surface area contributed by atoms with Crippen LogP contribution in [0.25, 0.3) is 6.08 Å². The minimum Gasteiger partial charge on any atom is -0.477 e. The van der Waals surface area contributed by atoms with E-state index in [0.717, 1.165) is 11.3 Å². The molecule has 0 fully saturated rings. The van der Waals surface area contributed by atoms with Crippen LogP contribution in [0.3, 0.4) is 0 Å². The quantitative estimate of drug-likeness (QED) is 0.377. The van der Waals surface area contributed by atoms with Gasteiger partial charge in [0.05, 0.1) is 26.9 Å². The number of allylic oxidation sites excluding steroid dienone is 1. The summed E-state index contributed by atoms with van der Waals surface area (Å²) in [6, 6.07) is 11.4. The fraction of sp³-hybridized carbons (Fsp3) is 0.200. The van der Waals surface area contributed by atoms with Crippen LogP contribution in [0, 0.1) is 11.3 Å². The van der Waals surface area contributed by atoms with Gasteiger partial charge in [-0.2, -0.15) is 5.26 Å². The standard InChI is InChI=1S/C25H18BrCl2N3O4S/c1-3-34-24(33)20-13(2)30-25-31(21(20)16-6-4-5-7-18(16)28)23(32)19(36-25)11-14-10-15(27)12-17(26)22(14)35-9-8-29/h4-7,10-12,21H,3,9H2,1-2H3/b19-11-/t21-/m0/s1. The van der Waals surface area contributed by atoms with Crippen LogP contribution in [0.2, 0.25) is 10.0 Å². The van der Waals surface area contributed by atoms with E-state index in [4.69, 9.17) is 37.9 Å². The first kappa shape index (κ1) is 26.2. The summed E-state index contributed by atoms with van der Waals surface area (Å²) in [5.74, 6) is -0.193. The zero-order chi connectivity index (χ0) is 26.0. The maximum absolute atomic E-state index is 13.8. The third-order valence-corrected chi connectivity index (χ3v) is 7.46. The number of aromatic nitrogens is 1. The number of hydrogen-bond acceptors (Lipinski definition) is 7. The highest BCUT2D eigenvalue weighted by atomic mass is 79.9. The van der Waals surface area contributed by atoms with Gasteiger partial charge in [0, 0.05) is 15.6 Å². The third kappa shape index (κ3) is 5.00. The first-order valence-corrected chi connectivity index (χ1v) is 13.1. The number of halogens is 3. The van der Waals surface area contributed by atoms with E-state index >= 15 is 0 Å². The van der Waals surface area contributed by atoms with Gasteiger partial charge in [-0.3, -0.25) is 9.36 Å². The summed E-state index contributed by atoms with van der Waals surface area (Å²) in [4.78, 5) is 31.7. The molecule has 3 aromatic rings. The molecule has 184 valence electrons. The predicted molar refractivity (Wildman–Crippen MR) is 142 cm³/mol. The Hall–Kier alpha value is -2.90. The van der Waals surface area contributed by atoms with Gasteiger partial charge >= 0.3 is 5.97 Å². The van der Waals surface area contributed by atoms with Crippen molar-refractivity contribution in [3.8, 4) is 11.8 Å². The van der Waals surface area contributed by atoms with Gasteiger partial charge in [0.15, 0.2) is 11.4 Å². The maximum atomic E-state index is 13.8. The van der Waals surface area contributed by atoms with Crippen LogP contribution in [0.4, 0.5) is 0 Å². The molecule has 0 N–H and O–H groups in total. The molecule has 2 aromatic carbocycles. The lowest BCUT2D eigenvalue weighted by Gasteiger charge is -2.25. The molecule has 1 aliphatic heterocycles. The number of carbonyl (C=O) groups excluding carboxylic acids is 1. The molecule has 0 unspecified atom stereocenters. The van der Waals surface area contributed by atoms with E-state index in [1.807, 2.05) is 6.07 Å². The van der Waals surface area contributed by atoms with E-state index in [1.54, 1.807) is 56.3 Å². The summed E-state index contributed by atoms with van der Waals surface area (Å²) >= 11 is 17.3. The summed E-state index contributed by atoms with van der Waals surface area (Å²) < 4.78 is 13.2. The zero-order valence-corrected chi connectivity index (χ0v) is 23.0. The lowest BCUT2D eigenvalue weighted by molar-refractivity contribution is -0.139. The number of rotatable bonds is 6. The van der Waals surface area contributed by atoms with Crippen molar-refractivity contribution in [2.45, 2.75) is 19.9 Å². The van der Waals surface area contributed by atoms with Gasteiger partial charge in [0.25, 0.3) is 5.56 Å². The summed E-state index contributed by atoms with van der Waals surface area (Å²) in [6.07, 6.45) is 1.63. The average molecular weight is 607 g/mol. The van der Waals surface area contributed by atoms with E-state index in [0.29, 0.717) is 46.4 Å². The molecule has 0 aliphatic carbocycles. The highest BCUT2D eigenvalue weighted by Crippen LogP contribution is 2.35. The molecule has 1 aliphatic rings. The van der Waals surface area contributed by atoms with E-state index in [2.05, 4.69) is 20.9 Å². The number of esters is 1. The number of carbonyl (C=O) groups is 1. The normalized spacial score (nSPS) is 15.2. The van der Waals surface area contributed by atoms with Gasteiger partial charge in [0.1, 0.15) is 17.9 Å². The summed E-state index contributed by atoms with van der Waals surface area (Å²) in [7, 11) is 0. The van der Waals surface area contributed by atoms with Gasteiger partial charge in [-0.1, -0.05) is 52.7 Å². The molecule has 0 bridgehead atoms. The van der Waals surface area contributed by atoms with Crippen molar-refractivity contribution in [1.29, 1.82) is 5.26 Å². The summed E-state index contributed by atoms with van der Waals surface area (Å²) in [5, 5.41) is 9.78. The number of thiazole rings is 1. The molecular formula is C25H18BrCl2N3O4S. The molecule has 0 spiro atoms. The highest BCUT2D eigenvalue weighted by molar-refractivity contribution is 9.10. The van der Waals surface area contributed by atoms with Gasteiger partial charge in [-0.05, 0) is 59.6 Å². The number of hydrogen-bond donors (Lipinski definition) is 0. The zero-order valence-electron chi connectivity index (χ0n) is 19.0. The van der Waals surface area contributed by atoms with E-state index in [9.17, 15) is 9.59 Å². The van der Waals surface area contributed by atoms with Gasteiger partial charge in [0.2, 0.25) is 0 Å². The predicted octanol–water partition coefficient (Wildman–Crippen LogP) is 4.77. The Morgan fingerprint density at radius 2 is 2.08 bits per heavy atom. The second kappa shape index (κ2) is 11.0. The van der Waals surface area contributed by atoms with E-state index in [1.165, 1.54) is 4.57 Å². The van der Waals surface area contributed by atoms with Crippen LogP contribution in [-0.2, 0) is 9.53 Å². The van der Waals surface area contributed by atoms with Crippen LogP contribution >= 0.6 is 50.5 Å². The molecule has 1 atom stereocenters. The maximum Gasteiger partial charge on any atom is 0.338 e. The van der Waals surface area contributed by atoms with E-state index < -0.39 is 12.0 Å². The Bertz CT molecular complexity index is 1620. The highest BCUT2D eigenvalue weighted by Gasteiger charge is 2.34. The number of ether oxygens (including phenoxy) is 2. The molecule has 2 heterocycles. The first-order valence-electron chi connectivity index (χ1n) is 10.7. The fourth-order valence-corrected chi connectivity index (χ4v) is 6.09. The number of nitriles is 1. The van der Waals surface area contributed by atoms with Gasteiger partial charge < -0.3 is 9.47 Å². The molecule has 0 amide bonds. The van der Waals surface area contributed by atoms with Crippen LogP contribution in [-0.4, -0.2) is 23.8 Å². The number of benzene rings is 2. The summed E-state index contributed by atoms with van der Waals surface area (Å²) in [6.45, 7) is 3.40. The molecular weight excluding hydrogens is 589 g/mol. The van der Waals surface area contributed by atoms with Gasteiger partial charge in [-0.25, -0.2) is 9.79 Å². The SMILES string of the molecule is CCOC(=O)C1=C(C)N=c2s/c(=C\c3cc(Cl)cc(Br)c3OCC#N)c(=O)n2[C@H]1c1ccccc1Cl. The Morgan fingerprint density at radius 3 is 2.78 bits per heavy atom. The second-order valence-electron chi connectivity index (χ2n) is 7.58. The van der Waals surface area contributed by atoms with Crippen molar-refractivity contribution in [3.05, 3.63) is 93.0 Å². The molecule has 1 aromatic heterocycles. The van der Waals surface area contributed by atoms with Gasteiger partial charge in [-0.15, -0.1) is 0 Å². The third-order valence-electron chi connectivity index (χ3n) is 5.32. The molecule has 0 radical (unpaired) electrons. The average Bonchev–Trinajstić information content (AvgIpc) is 3.12. The van der Waals surface area contributed by atoms with Crippen LogP contribution in [0.5, 0.6) is 5.75 Å². The lowest BCUT2D eigenvalue weighted by atomic mass is 9.96. The van der Waals surface area contributed by atoms with Crippen molar-refractivity contribution < 1.29 is 14.3 Å². The Morgan fingerprint density at radius 1 is 1.33 bits per heavy atom. The fourth-order valence-electron chi connectivity index (χ4n) is 3.87. The molecule has 0 saturated carbocycles. The largest absolute Gasteiger partial charge is 0.477 e.